The maximum Gasteiger partial charge on any atom is 0.331 e. The van der Waals surface area contributed by atoms with E-state index in [1.54, 1.807) is 0 Å². The molecule has 5 atom stereocenters. The molecule has 1 saturated carbocycles. The molecule has 398 valence electrons. The topological polar surface area (TPSA) is 292 Å². The summed E-state index contributed by atoms with van der Waals surface area (Å²) in [6, 6.07) is 13.8. The smallest absolute Gasteiger partial charge is 0.331 e. The number of hydrogen-bond donors (Lipinski definition) is 4. The summed E-state index contributed by atoms with van der Waals surface area (Å²) in [6.45, 7) is 5.95. The van der Waals surface area contributed by atoms with Gasteiger partial charge in [0.1, 0.15) is 46.9 Å². The number of carbonyl (C=O) groups excluding carboxylic acids is 9. The van der Waals surface area contributed by atoms with Crippen molar-refractivity contribution < 1.29 is 91.3 Å². The van der Waals surface area contributed by atoms with Crippen LogP contribution in [0.2, 0.25) is 0 Å². The number of phenols is 2. The number of Topliss-reactive ketones (excluding diaryl/α,β-unsaturated/α-hetero) is 1. The molecule has 0 saturated heterocycles. The summed E-state index contributed by atoms with van der Waals surface area (Å²) < 4.78 is 44.2. The van der Waals surface area contributed by atoms with E-state index in [-0.39, 0.29) is 71.9 Å². The van der Waals surface area contributed by atoms with E-state index in [9.17, 15) is 53.4 Å². The number of rotatable bonds is 24. The van der Waals surface area contributed by atoms with Gasteiger partial charge in [0.05, 0.1) is 13.0 Å². The summed E-state index contributed by atoms with van der Waals surface area (Å²) in [5.74, 6) is -6.18. The van der Waals surface area contributed by atoms with Gasteiger partial charge in [-0.05, 0) is 54.3 Å². The molecule has 2 aliphatic rings. The zero-order valence-electron chi connectivity index (χ0n) is 41.9. The molecule has 74 heavy (non-hydrogen) atoms. The fourth-order valence-electron chi connectivity index (χ4n) is 8.50. The third-order valence-electron chi connectivity index (χ3n) is 11.6. The normalized spacial score (nSPS) is 18.9. The fraction of sp³-hybridized carbons (Fsp3) is 0.453. The second-order valence-electron chi connectivity index (χ2n) is 17.7. The maximum atomic E-state index is 13.9. The quantitative estimate of drug-likeness (QED) is 0.0264. The summed E-state index contributed by atoms with van der Waals surface area (Å²) in [4.78, 5) is 113. The zero-order chi connectivity index (χ0) is 54.0. The molecule has 1 heterocycles. The number of benzene rings is 3. The fourth-order valence-corrected chi connectivity index (χ4v) is 8.50. The highest BCUT2D eigenvalue weighted by Gasteiger charge is 2.57. The molecule has 4 N–H and O–H groups in total. The van der Waals surface area contributed by atoms with E-state index >= 15 is 0 Å². The lowest BCUT2D eigenvalue weighted by Gasteiger charge is -2.44. The van der Waals surface area contributed by atoms with Crippen LogP contribution >= 0.6 is 0 Å². The number of nitrogens with one attached hydrogen (secondary N) is 2. The Bertz CT molecular complexity index is 2570. The maximum absolute atomic E-state index is 13.9. The standard InChI is InChI=1S/C53H62N2O19/c1-31(56)68-42-20-14-36(25-44(42)69-32(2)57)15-21-49(65)73-47-30-53(74-35(5)60,29-46(70-33(3)58)51(47)71-34(4)59)52(66)55-23-22-54-48(64)13-11-9-7-6-8-10-12-24-67-39-18-16-37(17-19-39)43-28-41(63)50-40(62)26-38(61)27-45(50)72-43/h14-21,25-27,43,46-47,51,61-62H,6-13,22-24,28-30H2,1-5H3,(H,54,64)(H,55,66)/b21-15-/t43?,46-,47-,51-,53+/m1/s1. The number of carbonyl (C=O) groups is 9. The number of ketones is 1. The van der Waals surface area contributed by atoms with Gasteiger partial charge in [0.2, 0.25) is 5.91 Å². The van der Waals surface area contributed by atoms with Gasteiger partial charge in [0.15, 0.2) is 29.0 Å². The van der Waals surface area contributed by atoms with Crippen LogP contribution in [0.3, 0.4) is 0 Å². The first kappa shape index (κ1) is 56.9. The number of amides is 2. The van der Waals surface area contributed by atoms with Crippen LogP contribution < -0.4 is 29.6 Å². The third kappa shape index (κ3) is 17.4. The molecule has 3 aromatic rings. The Kier molecular flexibility index (Phi) is 20.9. The van der Waals surface area contributed by atoms with Crippen molar-refractivity contribution >= 4 is 59.5 Å². The molecule has 1 aliphatic heterocycles. The van der Waals surface area contributed by atoms with Gasteiger partial charge < -0.3 is 58.7 Å². The Hall–Kier alpha value is -7.97. The molecule has 1 aliphatic carbocycles. The molecule has 21 heteroatoms. The van der Waals surface area contributed by atoms with Crippen molar-refractivity contribution in [1.29, 1.82) is 0 Å². The van der Waals surface area contributed by atoms with E-state index in [0.29, 0.717) is 24.3 Å². The predicted octanol–water partition coefficient (Wildman–Crippen LogP) is 5.97. The van der Waals surface area contributed by atoms with E-state index < -0.39 is 84.6 Å². The molecule has 5 rings (SSSR count). The van der Waals surface area contributed by atoms with Crippen molar-refractivity contribution in [2.75, 3.05) is 19.7 Å². The Morgan fingerprint density at radius 2 is 1.31 bits per heavy atom. The van der Waals surface area contributed by atoms with Gasteiger partial charge in [-0.2, -0.15) is 0 Å². The van der Waals surface area contributed by atoms with Crippen LogP contribution in [0.4, 0.5) is 0 Å². The highest BCUT2D eigenvalue weighted by molar-refractivity contribution is 6.02. The Morgan fingerprint density at radius 3 is 1.96 bits per heavy atom. The number of aromatic hydroxyl groups is 2. The van der Waals surface area contributed by atoms with Gasteiger partial charge >= 0.3 is 35.8 Å². The first-order valence-electron chi connectivity index (χ1n) is 24.2. The summed E-state index contributed by atoms with van der Waals surface area (Å²) in [5.41, 5.74) is -0.972. The molecule has 0 spiro atoms. The van der Waals surface area contributed by atoms with E-state index in [0.717, 1.165) is 90.8 Å². The predicted molar refractivity (Wildman–Crippen MR) is 260 cm³/mol. The van der Waals surface area contributed by atoms with Gasteiger partial charge in [0.25, 0.3) is 5.91 Å². The van der Waals surface area contributed by atoms with Crippen molar-refractivity contribution in [3.63, 3.8) is 0 Å². The lowest BCUT2D eigenvalue weighted by atomic mass is 9.78. The summed E-state index contributed by atoms with van der Waals surface area (Å²) in [5, 5.41) is 25.3. The number of unbranched alkanes of at least 4 members (excludes halogenated alkanes) is 6. The lowest BCUT2D eigenvalue weighted by Crippen LogP contribution is -2.63. The van der Waals surface area contributed by atoms with Crippen LogP contribution in [0, 0.1) is 0 Å². The Balaban J connectivity index is 1.03. The minimum atomic E-state index is -2.10. The number of hydrogen-bond acceptors (Lipinski definition) is 19. The number of fused-ring (bicyclic) bond motifs is 1. The molecule has 1 unspecified atom stereocenters. The zero-order valence-corrected chi connectivity index (χ0v) is 41.9. The summed E-state index contributed by atoms with van der Waals surface area (Å²) >= 11 is 0. The molecule has 1 fully saturated rings. The highest BCUT2D eigenvalue weighted by atomic mass is 16.6. The van der Waals surface area contributed by atoms with Crippen LogP contribution in [0.5, 0.6) is 34.5 Å². The molecule has 0 aromatic heterocycles. The number of esters is 6. The average molecular weight is 1030 g/mol. The van der Waals surface area contributed by atoms with E-state index in [1.165, 1.54) is 30.3 Å². The van der Waals surface area contributed by atoms with Gasteiger partial charge in [0, 0.05) is 85.2 Å². The third-order valence-corrected chi connectivity index (χ3v) is 11.6. The van der Waals surface area contributed by atoms with Crippen molar-refractivity contribution in [3.05, 3.63) is 77.4 Å². The molecule has 2 amide bonds. The average Bonchev–Trinajstić information content (AvgIpc) is 3.31. The lowest BCUT2D eigenvalue weighted by molar-refractivity contribution is -0.214. The van der Waals surface area contributed by atoms with E-state index in [4.69, 9.17) is 37.9 Å². The minimum Gasteiger partial charge on any atom is -0.508 e. The summed E-state index contributed by atoms with van der Waals surface area (Å²) in [6.07, 6.45) is 2.81. The van der Waals surface area contributed by atoms with Crippen molar-refractivity contribution in [2.24, 2.45) is 0 Å². The minimum absolute atomic E-state index is 0.0177. The van der Waals surface area contributed by atoms with Crippen molar-refractivity contribution in [1.82, 2.24) is 10.6 Å². The molecular formula is C53H62N2O19. The molecule has 3 aromatic carbocycles. The Labute approximate surface area is 427 Å². The largest absolute Gasteiger partial charge is 0.508 e. The van der Waals surface area contributed by atoms with Crippen molar-refractivity contribution in [2.45, 2.75) is 135 Å². The Morgan fingerprint density at radius 1 is 0.689 bits per heavy atom. The second kappa shape index (κ2) is 27.2. The van der Waals surface area contributed by atoms with Gasteiger partial charge in [-0.3, -0.25) is 38.4 Å². The second-order valence-corrected chi connectivity index (χ2v) is 17.7. The van der Waals surface area contributed by atoms with Gasteiger partial charge in [-0.25, -0.2) is 4.79 Å². The van der Waals surface area contributed by atoms with E-state index in [1.807, 2.05) is 24.3 Å². The number of ether oxygens (including phenoxy) is 8. The number of phenolic OH excluding ortho intramolecular Hbond substituents is 2. The molecular weight excluding hydrogens is 969 g/mol. The molecule has 21 nitrogen and oxygen atoms in total. The molecule has 0 bridgehead atoms. The SMILES string of the molecule is CC(=O)Oc1ccc(/C=C\C(=O)O[C@@H]2C[C@](OC(C)=O)(C(=O)NCCNC(=O)CCCCCCCCCOc3ccc(C4CC(=O)c5c(O)cc(O)cc5O4)cc3)C[C@@H](OC(C)=O)[C@H]2OC(C)=O)cc1OC(C)=O. The van der Waals surface area contributed by atoms with Crippen LogP contribution in [0.1, 0.15) is 133 Å². The summed E-state index contributed by atoms with van der Waals surface area (Å²) in [7, 11) is 0. The van der Waals surface area contributed by atoms with Crippen molar-refractivity contribution in [3.8, 4) is 34.5 Å². The monoisotopic (exact) mass is 1030 g/mol. The molecule has 0 radical (unpaired) electrons. The van der Waals surface area contributed by atoms with Gasteiger partial charge in [-0.15, -0.1) is 0 Å². The highest BCUT2D eigenvalue weighted by Crippen LogP contribution is 2.42. The first-order valence-corrected chi connectivity index (χ1v) is 24.2. The van der Waals surface area contributed by atoms with E-state index in [2.05, 4.69) is 10.6 Å². The van der Waals surface area contributed by atoms with Crippen LogP contribution in [0.25, 0.3) is 6.08 Å². The first-order chi connectivity index (χ1) is 35.2. The van der Waals surface area contributed by atoms with Crippen LogP contribution in [0.15, 0.2) is 60.7 Å². The van der Waals surface area contributed by atoms with Crippen LogP contribution in [-0.4, -0.2) is 107 Å². The van der Waals surface area contributed by atoms with Crippen LogP contribution in [-0.2, 0) is 57.3 Å². The van der Waals surface area contributed by atoms with Gasteiger partial charge in [-0.1, -0.05) is 50.3 Å².